The Bertz CT molecular complexity index is 826. The minimum atomic E-state index is -4.67. The molecule has 29 heavy (non-hydrogen) atoms. The molecule has 156 valence electrons. The van der Waals surface area contributed by atoms with E-state index in [4.69, 9.17) is 9.31 Å². The van der Waals surface area contributed by atoms with Gasteiger partial charge in [-0.25, -0.2) is 0 Å². The maximum atomic E-state index is 11.7. The first-order valence-electron chi connectivity index (χ1n) is 9.04. The number of rotatable bonds is 2. The number of amides is 1. The molecule has 0 unspecified atom stereocenters. The molecule has 0 saturated carbocycles. The van der Waals surface area contributed by atoms with Crippen molar-refractivity contribution in [1.82, 2.24) is 10.3 Å². The number of halogens is 3. The summed E-state index contributed by atoms with van der Waals surface area (Å²) in [4.78, 5) is 15.1. The van der Waals surface area contributed by atoms with Crippen LogP contribution in [-0.4, -0.2) is 35.5 Å². The summed E-state index contributed by atoms with van der Waals surface area (Å²) in [5, 5.41) is 0.896. The molecule has 0 bridgehead atoms. The normalized spacial score (nSPS) is 17.3. The van der Waals surface area contributed by atoms with Crippen molar-refractivity contribution in [2.45, 2.75) is 52.1 Å². The number of hydrogen-bond acceptors (Lipinski definition) is 4. The largest absolute Gasteiger partial charge is 0.496 e. The molecule has 1 fully saturated rings. The van der Waals surface area contributed by atoms with E-state index in [2.05, 4.69) is 32.7 Å². The molecular weight excluding hydrogens is 384 g/mol. The number of hydrogen-bond donors (Lipinski definition) is 1. The number of carbonyl (C=O) groups excluding carboxylic acids is 1. The molecule has 0 atom stereocenters. The third kappa shape index (κ3) is 6.04. The van der Waals surface area contributed by atoms with Gasteiger partial charge in [0.25, 0.3) is 5.91 Å². The Morgan fingerprint density at radius 3 is 2.03 bits per heavy atom. The summed E-state index contributed by atoms with van der Waals surface area (Å²) in [6.07, 6.45) is -2.89. The van der Waals surface area contributed by atoms with Crippen molar-refractivity contribution in [2.24, 2.45) is 0 Å². The predicted octanol–water partition coefficient (Wildman–Crippen LogP) is 3.63. The van der Waals surface area contributed by atoms with Crippen molar-refractivity contribution < 1.29 is 27.3 Å². The lowest BCUT2D eigenvalue weighted by Crippen LogP contribution is -2.41. The van der Waals surface area contributed by atoms with Crippen LogP contribution in [0.1, 0.15) is 43.7 Å². The lowest BCUT2D eigenvalue weighted by atomic mass is 9.78. The van der Waals surface area contributed by atoms with Crippen LogP contribution in [0.4, 0.5) is 13.2 Å². The number of alkyl halides is 3. The van der Waals surface area contributed by atoms with E-state index in [0.29, 0.717) is 0 Å². The van der Waals surface area contributed by atoms with E-state index < -0.39 is 12.2 Å². The summed E-state index contributed by atoms with van der Waals surface area (Å²) >= 11 is 0. The first-order chi connectivity index (χ1) is 13.3. The van der Waals surface area contributed by atoms with Crippen LogP contribution < -0.4 is 10.8 Å². The standard InChI is InChI=1S/C12H18BNO2.C8H6F3NO/c1-9-10(7-6-8-14-9)13-15-11(2,3)12(4,5)16-13;9-8(10,11)12-7(13)6-4-2-1-3-5-6/h6-8H,1-5H3;1-5H,(H,12,13). The second-order valence-electron chi connectivity index (χ2n) is 7.58. The van der Waals surface area contributed by atoms with Gasteiger partial charge in [-0.2, -0.15) is 13.2 Å². The van der Waals surface area contributed by atoms with Gasteiger partial charge in [-0.05, 0) is 52.8 Å². The minimum absolute atomic E-state index is 0.0141. The van der Waals surface area contributed by atoms with E-state index in [1.165, 1.54) is 24.3 Å². The average molecular weight is 408 g/mol. The number of pyridine rings is 1. The molecule has 9 heteroatoms. The molecule has 2 heterocycles. The Labute approximate surface area is 168 Å². The second-order valence-corrected chi connectivity index (χ2v) is 7.58. The molecule has 2 aromatic rings. The van der Waals surface area contributed by atoms with Gasteiger partial charge in [-0.15, -0.1) is 0 Å². The minimum Gasteiger partial charge on any atom is -0.399 e. The van der Waals surface area contributed by atoms with Gasteiger partial charge in [0, 0.05) is 22.9 Å². The Hall–Kier alpha value is -2.39. The lowest BCUT2D eigenvalue weighted by Gasteiger charge is -2.32. The Morgan fingerprint density at radius 2 is 1.55 bits per heavy atom. The van der Waals surface area contributed by atoms with E-state index in [1.54, 1.807) is 12.3 Å². The third-order valence-corrected chi connectivity index (χ3v) is 4.85. The zero-order chi connectivity index (χ0) is 21.9. The monoisotopic (exact) mass is 408 g/mol. The highest BCUT2D eigenvalue weighted by Crippen LogP contribution is 2.36. The van der Waals surface area contributed by atoms with Crippen molar-refractivity contribution in [3.05, 3.63) is 59.9 Å². The van der Waals surface area contributed by atoms with Gasteiger partial charge in [0.05, 0.1) is 11.2 Å². The van der Waals surface area contributed by atoms with Crippen LogP contribution in [-0.2, 0) is 9.31 Å². The molecule has 5 nitrogen and oxygen atoms in total. The van der Waals surface area contributed by atoms with Crippen molar-refractivity contribution in [3.8, 4) is 0 Å². The second kappa shape index (κ2) is 8.55. The van der Waals surface area contributed by atoms with Crippen molar-refractivity contribution in [2.75, 3.05) is 0 Å². The van der Waals surface area contributed by atoms with Gasteiger partial charge < -0.3 is 9.31 Å². The molecule has 1 aliphatic rings. The Morgan fingerprint density at radius 1 is 1.00 bits per heavy atom. The summed E-state index contributed by atoms with van der Waals surface area (Å²) in [5.41, 5.74) is 1.38. The maximum Gasteiger partial charge on any atom is 0.496 e. The first-order valence-corrected chi connectivity index (χ1v) is 9.04. The highest BCUT2D eigenvalue weighted by Gasteiger charge is 2.52. The quantitative estimate of drug-likeness (QED) is 0.609. The average Bonchev–Trinajstić information content (AvgIpc) is 2.82. The fourth-order valence-electron chi connectivity index (χ4n) is 2.51. The highest BCUT2D eigenvalue weighted by molar-refractivity contribution is 6.62. The molecule has 1 aromatic heterocycles. The van der Waals surface area contributed by atoms with Crippen LogP contribution in [0.15, 0.2) is 48.7 Å². The maximum absolute atomic E-state index is 11.7. The number of aryl methyl sites for hydroxylation is 1. The fraction of sp³-hybridized carbons (Fsp3) is 0.400. The summed E-state index contributed by atoms with van der Waals surface area (Å²) in [7, 11) is -0.307. The van der Waals surface area contributed by atoms with Crippen molar-refractivity contribution >= 4 is 18.5 Å². The fourth-order valence-corrected chi connectivity index (χ4v) is 2.51. The zero-order valence-corrected chi connectivity index (χ0v) is 17.0. The van der Waals surface area contributed by atoms with Crippen LogP contribution in [0.2, 0.25) is 0 Å². The van der Waals surface area contributed by atoms with Gasteiger partial charge in [-0.1, -0.05) is 24.3 Å². The van der Waals surface area contributed by atoms with Gasteiger partial charge in [-0.3, -0.25) is 15.1 Å². The van der Waals surface area contributed by atoms with E-state index in [9.17, 15) is 18.0 Å². The molecule has 1 aliphatic heterocycles. The summed E-state index contributed by atoms with van der Waals surface area (Å²) in [6, 6.07) is 11.1. The van der Waals surface area contributed by atoms with Gasteiger partial charge in [0.2, 0.25) is 0 Å². The van der Waals surface area contributed by atoms with E-state index in [0.717, 1.165) is 16.5 Å². The van der Waals surface area contributed by atoms with E-state index >= 15 is 0 Å². The third-order valence-electron chi connectivity index (χ3n) is 4.85. The molecule has 0 aliphatic carbocycles. The summed E-state index contributed by atoms with van der Waals surface area (Å²) in [5.74, 6) is -1.15. The van der Waals surface area contributed by atoms with Gasteiger partial charge in [0.15, 0.2) is 0 Å². The lowest BCUT2D eigenvalue weighted by molar-refractivity contribution is -0.146. The highest BCUT2D eigenvalue weighted by atomic mass is 19.4. The molecule has 1 aromatic carbocycles. The first kappa shape index (κ1) is 22.9. The zero-order valence-electron chi connectivity index (χ0n) is 17.0. The predicted molar refractivity (Wildman–Crippen MR) is 105 cm³/mol. The SMILES string of the molecule is Cc1ncccc1B1OC(C)(C)C(C)(C)O1.O=C(NC(F)(F)F)c1ccccc1. The number of nitrogens with one attached hydrogen (secondary N) is 1. The van der Waals surface area contributed by atoms with E-state index in [-0.39, 0.29) is 23.9 Å². The van der Waals surface area contributed by atoms with Gasteiger partial charge >= 0.3 is 13.4 Å². The Kier molecular flexibility index (Phi) is 6.75. The van der Waals surface area contributed by atoms with Crippen LogP contribution >= 0.6 is 0 Å². The van der Waals surface area contributed by atoms with Crippen molar-refractivity contribution in [3.63, 3.8) is 0 Å². The smallest absolute Gasteiger partial charge is 0.399 e. The molecule has 3 rings (SSSR count). The van der Waals surface area contributed by atoms with Crippen LogP contribution in [0.3, 0.4) is 0 Å². The topological polar surface area (TPSA) is 60.5 Å². The number of aromatic nitrogens is 1. The molecule has 1 amide bonds. The molecule has 0 spiro atoms. The summed E-state index contributed by atoms with van der Waals surface area (Å²) in [6.45, 7) is 10.2. The van der Waals surface area contributed by atoms with Crippen LogP contribution in [0.25, 0.3) is 0 Å². The number of benzene rings is 1. The van der Waals surface area contributed by atoms with Crippen LogP contribution in [0, 0.1) is 6.92 Å². The van der Waals surface area contributed by atoms with Crippen LogP contribution in [0.5, 0.6) is 0 Å². The van der Waals surface area contributed by atoms with E-state index in [1.807, 2.05) is 19.1 Å². The molecule has 1 N–H and O–H groups in total. The summed E-state index contributed by atoms with van der Waals surface area (Å²) < 4.78 is 46.9. The molecular formula is C20H24BF3N2O3. The van der Waals surface area contributed by atoms with Crippen molar-refractivity contribution in [1.29, 1.82) is 0 Å². The number of nitrogens with zero attached hydrogens (tertiary/aromatic N) is 1. The Balaban J connectivity index is 0.000000212. The molecule has 0 radical (unpaired) electrons. The van der Waals surface area contributed by atoms with Gasteiger partial charge in [0.1, 0.15) is 0 Å². The molecule has 1 saturated heterocycles. The number of carbonyl (C=O) groups is 1.